The largest absolute Gasteiger partial charge is 0.456 e. The molecule has 0 saturated heterocycles. The highest BCUT2D eigenvalue weighted by molar-refractivity contribution is 6.19. The molecule has 0 saturated carbocycles. The number of aromatic nitrogens is 1. The van der Waals surface area contributed by atoms with Gasteiger partial charge in [0.25, 0.3) is 0 Å². The zero-order valence-electron chi connectivity index (χ0n) is 23.1. The molecule has 0 atom stereocenters. The molecule has 2 aromatic heterocycles. The van der Waals surface area contributed by atoms with Crippen LogP contribution in [0, 0.1) is 0 Å². The molecule has 4 heteroatoms. The molecule has 202 valence electrons. The van der Waals surface area contributed by atoms with Gasteiger partial charge in [0.1, 0.15) is 16.7 Å². The van der Waals surface area contributed by atoms with E-state index in [1.165, 1.54) is 10.8 Å². The Morgan fingerprint density at radius 3 is 2.02 bits per heavy atom. The molecule has 7 aromatic carbocycles. The lowest BCUT2D eigenvalue weighted by atomic mass is 9.99. The summed E-state index contributed by atoms with van der Waals surface area (Å²) in [6.07, 6.45) is 0. The predicted molar refractivity (Wildman–Crippen MR) is 176 cm³/mol. The Bertz CT molecular complexity index is 2460. The summed E-state index contributed by atoms with van der Waals surface area (Å²) in [6.45, 7) is 0. The topological polar surface area (TPSA) is 42.4 Å². The van der Waals surface area contributed by atoms with E-state index < -0.39 is 0 Å². The predicted octanol–water partition coefficient (Wildman–Crippen LogP) is 11.2. The van der Waals surface area contributed by atoms with Gasteiger partial charge in [-0.1, -0.05) is 84.9 Å². The summed E-state index contributed by atoms with van der Waals surface area (Å²) in [5, 5.41) is 6.70. The molecule has 4 nitrogen and oxygen atoms in total. The van der Waals surface area contributed by atoms with Crippen LogP contribution in [0.3, 0.4) is 0 Å². The summed E-state index contributed by atoms with van der Waals surface area (Å²) in [5.41, 5.74) is 7.15. The molecule has 2 heterocycles. The van der Waals surface area contributed by atoms with E-state index in [9.17, 15) is 0 Å². The van der Waals surface area contributed by atoms with Crippen molar-refractivity contribution in [3.63, 3.8) is 0 Å². The lowest BCUT2D eigenvalue weighted by Gasteiger charge is -2.26. The van der Waals surface area contributed by atoms with Crippen molar-refractivity contribution in [1.29, 1.82) is 0 Å². The molecule has 0 amide bonds. The van der Waals surface area contributed by atoms with Crippen LogP contribution in [0.4, 0.5) is 17.1 Å². The van der Waals surface area contributed by atoms with Gasteiger partial charge in [-0.15, -0.1) is 0 Å². The molecule has 0 unspecified atom stereocenters. The normalized spacial score (nSPS) is 11.7. The zero-order valence-corrected chi connectivity index (χ0v) is 23.1. The van der Waals surface area contributed by atoms with Crippen LogP contribution in [0.2, 0.25) is 0 Å². The number of hydrogen-bond donors (Lipinski definition) is 0. The van der Waals surface area contributed by atoms with E-state index in [2.05, 4.69) is 95.9 Å². The van der Waals surface area contributed by atoms with Gasteiger partial charge < -0.3 is 13.7 Å². The summed E-state index contributed by atoms with van der Waals surface area (Å²) in [5.74, 6) is 0.596. The summed E-state index contributed by atoms with van der Waals surface area (Å²) < 4.78 is 13.0. The number of para-hydroxylation sites is 2. The van der Waals surface area contributed by atoms with Crippen LogP contribution in [-0.4, -0.2) is 4.98 Å². The summed E-state index contributed by atoms with van der Waals surface area (Å²) >= 11 is 0. The van der Waals surface area contributed by atoms with E-state index in [1.807, 2.05) is 54.6 Å². The molecule has 0 radical (unpaired) electrons. The first-order chi connectivity index (χ1) is 21.3. The fourth-order valence-corrected chi connectivity index (χ4v) is 6.26. The van der Waals surface area contributed by atoms with Crippen LogP contribution in [0.15, 0.2) is 154 Å². The van der Waals surface area contributed by atoms with Crippen LogP contribution < -0.4 is 4.90 Å². The Kier molecular flexibility index (Phi) is 5.16. The highest BCUT2D eigenvalue weighted by atomic mass is 16.3. The molecule has 43 heavy (non-hydrogen) atoms. The first kappa shape index (κ1) is 23.8. The molecule has 0 bridgehead atoms. The molecule has 9 aromatic rings. The third-order valence-corrected chi connectivity index (χ3v) is 8.26. The van der Waals surface area contributed by atoms with Crippen LogP contribution >= 0.6 is 0 Å². The van der Waals surface area contributed by atoms with Crippen molar-refractivity contribution < 1.29 is 8.83 Å². The Labute approximate surface area is 247 Å². The van der Waals surface area contributed by atoms with E-state index in [0.29, 0.717) is 5.89 Å². The zero-order chi connectivity index (χ0) is 28.3. The van der Waals surface area contributed by atoms with E-state index in [1.54, 1.807) is 0 Å². The number of hydrogen-bond acceptors (Lipinski definition) is 4. The van der Waals surface area contributed by atoms with Crippen LogP contribution in [0.1, 0.15) is 0 Å². The van der Waals surface area contributed by atoms with Gasteiger partial charge in [-0.25, -0.2) is 4.98 Å². The Morgan fingerprint density at radius 2 is 1.16 bits per heavy atom. The van der Waals surface area contributed by atoms with Gasteiger partial charge >= 0.3 is 0 Å². The lowest BCUT2D eigenvalue weighted by Crippen LogP contribution is -2.10. The van der Waals surface area contributed by atoms with Gasteiger partial charge in [-0.3, -0.25) is 0 Å². The number of fused-ring (bicyclic) bond motifs is 8. The molecular weight excluding hydrogens is 528 g/mol. The number of rotatable bonds is 4. The second-order valence-electron chi connectivity index (χ2n) is 10.8. The second-order valence-corrected chi connectivity index (χ2v) is 10.8. The molecule has 0 aliphatic carbocycles. The minimum Gasteiger partial charge on any atom is -0.456 e. The highest BCUT2D eigenvalue weighted by Gasteiger charge is 2.23. The minimum atomic E-state index is 0.596. The quantitative estimate of drug-likeness (QED) is 0.204. The van der Waals surface area contributed by atoms with E-state index >= 15 is 0 Å². The van der Waals surface area contributed by atoms with Crippen molar-refractivity contribution >= 4 is 71.6 Å². The minimum absolute atomic E-state index is 0.596. The Balaban J connectivity index is 1.38. The maximum atomic E-state index is 6.63. The van der Waals surface area contributed by atoms with Crippen LogP contribution in [-0.2, 0) is 0 Å². The van der Waals surface area contributed by atoms with E-state index in [-0.39, 0.29) is 0 Å². The van der Waals surface area contributed by atoms with E-state index in [4.69, 9.17) is 13.8 Å². The number of oxazole rings is 1. The van der Waals surface area contributed by atoms with Crippen molar-refractivity contribution in [2.75, 3.05) is 4.90 Å². The summed E-state index contributed by atoms with van der Waals surface area (Å²) in [6, 6.07) is 50.2. The smallest absolute Gasteiger partial charge is 0.227 e. The number of nitrogens with zero attached hydrogens (tertiary/aromatic N) is 2. The molecular formula is C39H24N2O2. The van der Waals surface area contributed by atoms with Gasteiger partial charge in [-0.05, 0) is 70.8 Å². The van der Waals surface area contributed by atoms with Crippen molar-refractivity contribution in [1.82, 2.24) is 4.98 Å². The van der Waals surface area contributed by atoms with Gasteiger partial charge in [0.15, 0.2) is 5.58 Å². The average Bonchev–Trinajstić information content (AvgIpc) is 3.68. The molecule has 0 fully saturated rings. The third-order valence-electron chi connectivity index (χ3n) is 8.26. The first-order valence-electron chi connectivity index (χ1n) is 14.4. The van der Waals surface area contributed by atoms with E-state index in [0.717, 1.165) is 66.4 Å². The number of anilines is 3. The SMILES string of the molecule is c1ccc(-c2nc3c(N(c4ccccc4)c4ccc5c(c4)oc4ccccc45)cc4c5ccccc5ccc4c3o2)cc1. The van der Waals surface area contributed by atoms with Crippen molar-refractivity contribution in [2.45, 2.75) is 0 Å². The molecule has 0 N–H and O–H groups in total. The summed E-state index contributed by atoms with van der Waals surface area (Å²) in [4.78, 5) is 7.41. The number of benzene rings is 7. The Morgan fingerprint density at radius 1 is 0.465 bits per heavy atom. The van der Waals surface area contributed by atoms with Crippen LogP contribution in [0.5, 0.6) is 0 Å². The van der Waals surface area contributed by atoms with Gasteiger partial charge in [-0.2, -0.15) is 0 Å². The van der Waals surface area contributed by atoms with Crippen molar-refractivity contribution in [3.05, 3.63) is 146 Å². The Hall–Kier alpha value is -5.87. The maximum Gasteiger partial charge on any atom is 0.227 e. The standard InChI is InChI=1S/C39H24N2O2/c1-3-12-26(13-4-1)39-40-37-34(24-33-29-16-8-7-11-25(29)19-21-32(33)38(37)43-39)41(27-14-5-2-6-15-27)28-20-22-31-30-17-9-10-18-35(30)42-36(31)23-28/h1-24H. The fourth-order valence-electron chi connectivity index (χ4n) is 6.26. The fraction of sp³-hybridized carbons (Fsp3) is 0. The molecule has 9 rings (SSSR count). The van der Waals surface area contributed by atoms with Crippen molar-refractivity contribution in [3.8, 4) is 11.5 Å². The average molecular weight is 553 g/mol. The van der Waals surface area contributed by atoms with Gasteiger partial charge in [0, 0.05) is 39.2 Å². The molecule has 0 aliphatic heterocycles. The molecule has 0 spiro atoms. The monoisotopic (exact) mass is 552 g/mol. The summed E-state index contributed by atoms with van der Waals surface area (Å²) in [7, 11) is 0. The van der Waals surface area contributed by atoms with Crippen molar-refractivity contribution in [2.24, 2.45) is 0 Å². The maximum absolute atomic E-state index is 6.63. The second kappa shape index (κ2) is 9.33. The van der Waals surface area contributed by atoms with Crippen LogP contribution in [0.25, 0.3) is 66.0 Å². The molecule has 0 aliphatic rings. The van der Waals surface area contributed by atoms with Gasteiger partial charge in [0.05, 0.1) is 5.69 Å². The third kappa shape index (κ3) is 3.74. The highest BCUT2D eigenvalue weighted by Crippen LogP contribution is 2.45. The lowest BCUT2D eigenvalue weighted by molar-refractivity contribution is 0.623. The number of furan rings is 1. The first-order valence-corrected chi connectivity index (χ1v) is 14.4. The van der Waals surface area contributed by atoms with Gasteiger partial charge in [0.2, 0.25) is 5.89 Å².